The molecule has 7 heteroatoms. The number of methoxy groups -OCH3 is 1. The van der Waals surface area contributed by atoms with E-state index in [1.165, 1.54) is 0 Å². The van der Waals surface area contributed by atoms with Gasteiger partial charge >= 0.3 is 0 Å². The van der Waals surface area contributed by atoms with Crippen molar-refractivity contribution in [1.82, 2.24) is 14.7 Å². The van der Waals surface area contributed by atoms with Crippen molar-refractivity contribution in [3.8, 4) is 0 Å². The van der Waals surface area contributed by atoms with Crippen LogP contribution in [0, 0.1) is 0 Å². The molecule has 0 spiro atoms. The summed E-state index contributed by atoms with van der Waals surface area (Å²) in [4.78, 5) is 4.23. The van der Waals surface area contributed by atoms with E-state index >= 15 is 0 Å². The lowest BCUT2D eigenvalue weighted by atomic mass is 10.4. The van der Waals surface area contributed by atoms with Crippen molar-refractivity contribution < 1.29 is 14.4 Å². The molecule has 0 aliphatic rings. The van der Waals surface area contributed by atoms with Gasteiger partial charge in [0.1, 0.15) is 6.61 Å². The maximum atomic E-state index is 9.07. The fourth-order valence-corrected chi connectivity index (χ4v) is 2.33. The number of hydrogen-bond acceptors (Lipinski definition) is 6. The largest absolute Gasteiger partial charge is 0.390 e. The van der Waals surface area contributed by atoms with Crippen LogP contribution in [0.15, 0.2) is 21.9 Å². The summed E-state index contributed by atoms with van der Waals surface area (Å²) in [6.45, 7) is 0.417. The van der Waals surface area contributed by atoms with Crippen LogP contribution in [0.1, 0.15) is 17.1 Å². The predicted octanol–water partition coefficient (Wildman–Crippen LogP) is 1.34. The molecule has 1 N–H and O–H groups in total. The van der Waals surface area contributed by atoms with Gasteiger partial charge in [0.2, 0.25) is 0 Å². The van der Waals surface area contributed by atoms with E-state index in [1.54, 1.807) is 25.1 Å². The molecule has 0 radical (unpaired) electrons. The summed E-state index contributed by atoms with van der Waals surface area (Å²) < 4.78 is 11.9. The van der Waals surface area contributed by atoms with Crippen molar-refractivity contribution in [3.05, 3.63) is 29.4 Å². The van der Waals surface area contributed by atoms with Crippen LogP contribution in [-0.2, 0) is 30.8 Å². The maximum Gasteiger partial charge on any atom is 0.168 e. The maximum absolute atomic E-state index is 9.07. The van der Waals surface area contributed by atoms with Crippen LogP contribution >= 0.6 is 11.8 Å². The summed E-state index contributed by atoms with van der Waals surface area (Å²) in [5, 5.41) is 13.9. The van der Waals surface area contributed by atoms with E-state index in [4.69, 9.17) is 14.4 Å². The first kappa shape index (κ1) is 13.1. The third-order valence-corrected chi connectivity index (χ3v) is 3.52. The average Bonchev–Trinajstić information content (AvgIpc) is 2.94. The highest BCUT2D eigenvalue weighted by Gasteiger charge is 2.09. The summed E-state index contributed by atoms with van der Waals surface area (Å²) in [7, 11) is 3.49. The van der Waals surface area contributed by atoms with Crippen LogP contribution in [0.3, 0.4) is 0 Å². The smallest absolute Gasteiger partial charge is 0.168 e. The van der Waals surface area contributed by atoms with Gasteiger partial charge in [-0.15, -0.1) is 0 Å². The highest BCUT2D eigenvalue weighted by atomic mass is 32.2. The van der Waals surface area contributed by atoms with Gasteiger partial charge in [-0.1, -0.05) is 16.9 Å². The van der Waals surface area contributed by atoms with E-state index in [0.717, 1.165) is 16.5 Å². The first-order chi connectivity index (χ1) is 8.74. The SMILES string of the molecule is COCc1cc(CSc2ncc(CO)n2C)no1. The van der Waals surface area contributed by atoms with Gasteiger partial charge in [-0.05, 0) is 0 Å². The molecule has 98 valence electrons. The number of thioether (sulfide) groups is 1. The Hall–Kier alpha value is -1.31. The van der Waals surface area contributed by atoms with Crippen molar-refractivity contribution in [3.63, 3.8) is 0 Å². The van der Waals surface area contributed by atoms with Gasteiger partial charge in [-0.3, -0.25) is 0 Å². The topological polar surface area (TPSA) is 73.3 Å². The van der Waals surface area contributed by atoms with E-state index in [2.05, 4.69) is 10.1 Å². The lowest BCUT2D eigenvalue weighted by molar-refractivity contribution is 0.156. The number of imidazole rings is 1. The van der Waals surface area contributed by atoms with Crippen molar-refractivity contribution in [1.29, 1.82) is 0 Å². The zero-order chi connectivity index (χ0) is 13.0. The van der Waals surface area contributed by atoms with Crippen molar-refractivity contribution in [2.24, 2.45) is 7.05 Å². The summed E-state index contributed by atoms with van der Waals surface area (Å²) in [6, 6.07) is 1.87. The van der Waals surface area contributed by atoms with Gasteiger partial charge in [0.15, 0.2) is 10.9 Å². The Balaban J connectivity index is 1.95. The molecule has 2 aromatic rings. The summed E-state index contributed by atoms with van der Waals surface area (Å²) in [6.07, 6.45) is 1.67. The van der Waals surface area contributed by atoms with E-state index < -0.39 is 0 Å². The Morgan fingerprint density at radius 2 is 2.39 bits per heavy atom. The monoisotopic (exact) mass is 269 g/mol. The van der Waals surface area contributed by atoms with Crippen LogP contribution in [-0.4, -0.2) is 26.9 Å². The lowest BCUT2D eigenvalue weighted by Gasteiger charge is -2.01. The zero-order valence-corrected chi connectivity index (χ0v) is 11.1. The van der Waals surface area contributed by atoms with E-state index in [1.807, 2.05) is 17.7 Å². The third-order valence-electron chi connectivity index (χ3n) is 2.45. The van der Waals surface area contributed by atoms with Crippen LogP contribution in [0.5, 0.6) is 0 Å². The molecular weight excluding hydrogens is 254 g/mol. The van der Waals surface area contributed by atoms with Crippen molar-refractivity contribution in [2.45, 2.75) is 24.1 Å². The molecule has 0 amide bonds. The molecule has 0 unspecified atom stereocenters. The fourth-order valence-electron chi connectivity index (χ4n) is 1.48. The minimum absolute atomic E-state index is 0.00793. The molecule has 0 aliphatic heterocycles. The summed E-state index contributed by atoms with van der Waals surface area (Å²) in [5.41, 5.74) is 1.64. The van der Waals surface area contributed by atoms with Gasteiger partial charge in [0.25, 0.3) is 0 Å². The second kappa shape index (κ2) is 6.03. The molecule has 0 fully saturated rings. The average molecular weight is 269 g/mol. The van der Waals surface area contributed by atoms with Crippen molar-refractivity contribution >= 4 is 11.8 Å². The number of aromatic nitrogens is 3. The molecule has 2 aromatic heterocycles. The first-order valence-corrected chi connectivity index (χ1v) is 6.40. The predicted molar refractivity (Wildman–Crippen MR) is 65.9 cm³/mol. The molecule has 18 heavy (non-hydrogen) atoms. The highest BCUT2D eigenvalue weighted by molar-refractivity contribution is 7.98. The molecule has 0 atom stereocenters. The Morgan fingerprint density at radius 1 is 1.56 bits per heavy atom. The summed E-state index contributed by atoms with van der Waals surface area (Å²) in [5.74, 6) is 1.38. The van der Waals surface area contributed by atoms with E-state index in [-0.39, 0.29) is 6.61 Å². The molecule has 0 saturated heterocycles. The molecular formula is C11H15N3O3S. The van der Waals surface area contributed by atoms with Crippen LogP contribution in [0.4, 0.5) is 0 Å². The second-order valence-corrected chi connectivity index (χ2v) is 4.70. The minimum Gasteiger partial charge on any atom is -0.390 e. The van der Waals surface area contributed by atoms with Gasteiger partial charge < -0.3 is 18.9 Å². The highest BCUT2D eigenvalue weighted by Crippen LogP contribution is 2.22. The standard InChI is InChI=1S/C11H15N3O3S/c1-14-9(5-15)4-12-11(14)18-7-8-3-10(6-16-2)17-13-8/h3-4,15H,5-7H2,1-2H3. The van der Waals surface area contributed by atoms with Gasteiger partial charge in [0.05, 0.1) is 24.2 Å². The van der Waals surface area contributed by atoms with Crippen LogP contribution < -0.4 is 0 Å². The zero-order valence-electron chi connectivity index (χ0n) is 10.3. The minimum atomic E-state index is -0.00793. The Labute approximate surface area is 109 Å². The lowest BCUT2D eigenvalue weighted by Crippen LogP contribution is -1.97. The third kappa shape index (κ3) is 2.92. The molecule has 0 aliphatic carbocycles. The fraction of sp³-hybridized carbons (Fsp3) is 0.455. The van der Waals surface area contributed by atoms with E-state index in [0.29, 0.717) is 18.1 Å². The normalized spacial score (nSPS) is 11.1. The number of rotatable bonds is 6. The number of ether oxygens (including phenoxy) is 1. The molecule has 0 saturated carbocycles. The van der Waals surface area contributed by atoms with Gasteiger partial charge in [-0.25, -0.2) is 4.98 Å². The molecule has 0 aromatic carbocycles. The summed E-state index contributed by atoms with van der Waals surface area (Å²) >= 11 is 1.55. The molecule has 0 bridgehead atoms. The van der Waals surface area contributed by atoms with Gasteiger partial charge in [-0.2, -0.15) is 0 Å². The number of hydrogen-bond donors (Lipinski definition) is 1. The van der Waals surface area contributed by atoms with Crippen molar-refractivity contribution in [2.75, 3.05) is 7.11 Å². The quantitative estimate of drug-likeness (QED) is 0.798. The number of aliphatic hydroxyl groups is 1. The first-order valence-electron chi connectivity index (χ1n) is 5.42. The van der Waals surface area contributed by atoms with Crippen LogP contribution in [0.2, 0.25) is 0 Å². The Bertz CT molecular complexity index is 509. The molecule has 2 heterocycles. The second-order valence-electron chi connectivity index (χ2n) is 3.76. The van der Waals surface area contributed by atoms with Gasteiger partial charge in [0, 0.05) is 26.0 Å². The molecule has 6 nitrogen and oxygen atoms in total. The number of aliphatic hydroxyl groups excluding tert-OH is 1. The number of nitrogens with zero attached hydrogens (tertiary/aromatic N) is 3. The Kier molecular flexibility index (Phi) is 4.40. The molecule has 2 rings (SSSR count). The van der Waals surface area contributed by atoms with Crippen LogP contribution in [0.25, 0.3) is 0 Å². The van der Waals surface area contributed by atoms with E-state index in [9.17, 15) is 0 Å². The Morgan fingerprint density at radius 3 is 3.06 bits per heavy atom.